The van der Waals surface area contributed by atoms with E-state index in [0.29, 0.717) is 29.8 Å². The van der Waals surface area contributed by atoms with Crippen molar-refractivity contribution in [2.75, 3.05) is 13.7 Å². The monoisotopic (exact) mass is 359 g/mol. The summed E-state index contributed by atoms with van der Waals surface area (Å²) in [4.78, 5) is 29.2. The van der Waals surface area contributed by atoms with Crippen LogP contribution in [0.2, 0.25) is 0 Å². The Kier molecular flexibility index (Phi) is 7.33. The average Bonchev–Trinajstić information content (AvgIpc) is 2.64. The van der Waals surface area contributed by atoms with Crippen molar-refractivity contribution >= 4 is 16.9 Å². The van der Waals surface area contributed by atoms with Crippen LogP contribution in [0.15, 0.2) is 29.1 Å². The van der Waals surface area contributed by atoms with Gasteiger partial charge in [0.15, 0.2) is 0 Å². The molecule has 0 spiro atoms. The lowest BCUT2D eigenvalue weighted by atomic mass is 10.1. The highest BCUT2D eigenvalue weighted by Crippen LogP contribution is 2.18. The fourth-order valence-electron chi connectivity index (χ4n) is 2.95. The van der Waals surface area contributed by atoms with Gasteiger partial charge in [0.1, 0.15) is 5.82 Å². The Bertz CT molecular complexity index is 798. The molecule has 6 heteroatoms. The Balaban J connectivity index is 2.42. The number of carbonyl (C=O) groups is 1. The maximum absolute atomic E-state index is 13.0. The average molecular weight is 359 g/mol. The molecule has 0 aliphatic rings. The van der Waals surface area contributed by atoms with E-state index in [1.54, 1.807) is 10.6 Å². The summed E-state index contributed by atoms with van der Waals surface area (Å²) in [6.45, 7) is 7.68. The van der Waals surface area contributed by atoms with Crippen LogP contribution in [-0.4, -0.2) is 29.2 Å². The smallest absolute Gasteiger partial charge is 0.305 e. The maximum atomic E-state index is 13.0. The first-order valence-corrected chi connectivity index (χ1v) is 9.27. The van der Waals surface area contributed by atoms with Crippen molar-refractivity contribution in [3.63, 3.8) is 0 Å². The molecule has 1 aromatic carbocycles. The van der Waals surface area contributed by atoms with Crippen LogP contribution in [0.1, 0.15) is 51.9 Å². The Morgan fingerprint density at radius 3 is 2.69 bits per heavy atom. The van der Waals surface area contributed by atoms with Crippen molar-refractivity contribution in [3.8, 4) is 0 Å². The second kappa shape index (κ2) is 9.48. The van der Waals surface area contributed by atoms with Crippen molar-refractivity contribution in [1.29, 1.82) is 0 Å². The molecule has 6 nitrogen and oxygen atoms in total. The second-order valence-corrected chi connectivity index (χ2v) is 6.89. The number of benzene rings is 1. The van der Waals surface area contributed by atoms with E-state index in [1.807, 2.05) is 18.2 Å². The second-order valence-electron chi connectivity index (χ2n) is 6.89. The minimum atomic E-state index is -0.265. The Morgan fingerprint density at radius 1 is 1.31 bits per heavy atom. The Morgan fingerprint density at radius 2 is 2.04 bits per heavy atom. The molecule has 1 atom stereocenters. The van der Waals surface area contributed by atoms with Crippen molar-refractivity contribution < 1.29 is 9.53 Å². The molecule has 1 heterocycles. The summed E-state index contributed by atoms with van der Waals surface area (Å²) < 4.78 is 6.41. The third-order valence-corrected chi connectivity index (χ3v) is 4.37. The van der Waals surface area contributed by atoms with Gasteiger partial charge in [-0.3, -0.25) is 14.2 Å². The summed E-state index contributed by atoms with van der Waals surface area (Å²) in [5.41, 5.74) is 0.654. The number of rotatable bonds is 9. The summed E-state index contributed by atoms with van der Waals surface area (Å²) in [6.07, 6.45) is 1.65. The fraction of sp³-hybridized carbons (Fsp3) is 0.550. The van der Waals surface area contributed by atoms with Crippen molar-refractivity contribution in [3.05, 3.63) is 40.4 Å². The Labute approximate surface area is 154 Å². The van der Waals surface area contributed by atoms with E-state index in [0.717, 1.165) is 18.8 Å². The standard InChI is InChI=1S/C20H29N3O3/c1-5-16(21-13-14(2)3)19-22-17-10-7-6-9-15(17)20(25)23(19)12-8-11-18(24)26-4/h6-7,9-10,14,16,21H,5,8,11-13H2,1-4H3. The maximum Gasteiger partial charge on any atom is 0.305 e. The molecule has 2 rings (SSSR count). The summed E-state index contributed by atoms with van der Waals surface area (Å²) in [6, 6.07) is 7.40. The van der Waals surface area contributed by atoms with E-state index < -0.39 is 0 Å². The summed E-state index contributed by atoms with van der Waals surface area (Å²) in [5, 5.41) is 4.12. The van der Waals surface area contributed by atoms with Gasteiger partial charge < -0.3 is 10.1 Å². The van der Waals surface area contributed by atoms with E-state index in [9.17, 15) is 9.59 Å². The quantitative estimate of drug-likeness (QED) is 0.697. The zero-order valence-corrected chi connectivity index (χ0v) is 16.1. The molecule has 0 fully saturated rings. The normalized spacial score (nSPS) is 12.5. The number of hydrogen-bond acceptors (Lipinski definition) is 5. The third-order valence-electron chi connectivity index (χ3n) is 4.37. The number of ether oxygens (including phenoxy) is 1. The molecule has 0 saturated heterocycles. The third kappa shape index (κ3) is 4.91. The Hall–Kier alpha value is -2.21. The predicted octanol–water partition coefficient (Wildman–Crippen LogP) is 3.05. The molecule has 0 bridgehead atoms. The van der Waals surface area contributed by atoms with E-state index in [1.165, 1.54) is 7.11 Å². The number of methoxy groups -OCH3 is 1. The SMILES string of the molecule is CCC(NCC(C)C)c1nc2ccccc2c(=O)n1CCCC(=O)OC. The first kappa shape index (κ1) is 20.1. The fourth-order valence-corrected chi connectivity index (χ4v) is 2.95. The number of esters is 1. The highest BCUT2D eigenvalue weighted by molar-refractivity contribution is 5.77. The number of hydrogen-bond donors (Lipinski definition) is 1. The van der Waals surface area contributed by atoms with Gasteiger partial charge in [-0.2, -0.15) is 0 Å². The molecule has 1 unspecified atom stereocenters. The first-order chi connectivity index (χ1) is 12.5. The summed E-state index contributed by atoms with van der Waals surface area (Å²) in [5.74, 6) is 0.976. The summed E-state index contributed by atoms with van der Waals surface area (Å²) in [7, 11) is 1.38. The number of nitrogens with zero attached hydrogens (tertiary/aromatic N) is 2. The summed E-state index contributed by atoms with van der Waals surface area (Å²) >= 11 is 0. The molecule has 26 heavy (non-hydrogen) atoms. The van der Waals surface area contributed by atoms with Crippen LogP contribution >= 0.6 is 0 Å². The van der Waals surface area contributed by atoms with Crippen LogP contribution in [0.3, 0.4) is 0 Å². The lowest BCUT2D eigenvalue weighted by Gasteiger charge is -2.22. The van der Waals surface area contributed by atoms with Gasteiger partial charge in [-0.1, -0.05) is 32.9 Å². The molecule has 0 radical (unpaired) electrons. The molecule has 1 N–H and O–H groups in total. The van der Waals surface area contributed by atoms with Gasteiger partial charge in [0, 0.05) is 13.0 Å². The van der Waals surface area contributed by atoms with Crippen LogP contribution in [0.4, 0.5) is 0 Å². The topological polar surface area (TPSA) is 73.2 Å². The van der Waals surface area contributed by atoms with Crippen LogP contribution in [0.25, 0.3) is 10.9 Å². The molecule has 0 saturated carbocycles. The first-order valence-electron chi connectivity index (χ1n) is 9.27. The highest BCUT2D eigenvalue weighted by atomic mass is 16.5. The number of para-hydroxylation sites is 1. The van der Waals surface area contributed by atoms with Crippen LogP contribution in [-0.2, 0) is 16.1 Å². The predicted molar refractivity (Wildman–Crippen MR) is 103 cm³/mol. The van der Waals surface area contributed by atoms with E-state index in [-0.39, 0.29) is 24.0 Å². The van der Waals surface area contributed by atoms with E-state index in [2.05, 4.69) is 26.1 Å². The lowest BCUT2D eigenvalue weighted by Crippen LogP contribution is -2.33. The van der Waals surface area contributed by atoms with Gasteiger partial charge in [0.2, 0.25) is 0 Å². The van der Waals surface area contributed by atoms with Crippen LogP contribution < -0.4 is 10.9 Å². The van der Waals surface area contributed by atoms with Gasteiger partial charge in [0.25, 0.3) is 5.56 Å². The van der Waals surface area contributed by atoms with Crippen LogP contribution in [0, 0.1) is 5.92 Å². The molecular weight excluding hydrogens is 330 g/mol. The van der Waals surface area contributed by atoms with E-state index in [4.69, 9.17) is 9.72 Å². The highest BCUT2D eigenvalue weighted by Gasteiger charge is 2.19. The van der Waals surface area contributed by atoms with E-state index >= 15 is 0 Å². The number of aromatic nitrogens is 2. The zero-order chi connectivity index (χ0) is 19.1. The number of fused-ring (bicyclic) bond motifs is 1. The van der Waals surface area contributed by atoms with Gasteiger partial charge in [0.05, 0.1) is 24.1 Å². The number of nitrogens with one attached hydrogen (secondary N) is 1. The number of carbonyl (C=O) groups excluding carboxylic acids is 1. The molecule has 142 valence electrons. The lowest BCUT2D eigenvalue weighted by molar-refractivity contribution is -0.140. The molecule has 0 amide bonds. The molecule has 1 aromatic heterocycles. The van der Waals surface area contributed by atoms with Crippen molar-refractivity contribution in [1.82, 2.24) is 14.9 Å². The molecule has 0 aliphatic carbocycles. The van der Waals surface area contributed by atoms with Crippen LogP contribution in [0.5, 0.6) is 0 Å². The molecular formula is C20H29N3O3. The van der Waals surface area contributed by atoms with Crippen molar-refractivity contribution in [2.45, 2.75) is 52.6 Å². The molecule has 0 aliphatic heterocycles. The van der Waals surface area contributed by atoms with Gasteiger partial charge in [-0.25, -0.2) is 4.98 Å². The largest absolute Gasteiger partial charge is 0.469 e. The van der Waals surface area contributed by atoms with Gasteiger partial charge in [-0.15, -0.1) is 0 Å². The molecule has 2 aromatic rings. The minimum absolute atomic E-state index is 0.00664. The van der Waals surface area contributed by atoms with Gasteiger partial charge >= 0.3 is 5.97 Å². The minimum Gasteiger partial charge on any atom is -0.469 e. The zero-order valence-electron chi connectivity index (χ0n) is 16.1. The van der Waals surface area contributed by atoms with Gasteiger partial charge in [-0.05, 0) is 37.4 Å². The van der Waals surface area contributed by atoms with Crippen molar-refractivity contribution in [2.24, 2.45) is 5.92 Å².